The van der Waals surface area contributed by atoms with Crippen molar-refractivity contribution in [1.29, 1.82) is 0 Å². The largest absolute Gasteiger partial charge is 1.00 e. The van der Waals surface area contributed by atoms with Crippen molar-refractivity contribution in [3.05, 3.63) is 203 Å². The first-order valence-electron chi connectivity index (χ1n) is 15.5. The number of allylic oxidation sites excluding steroid dienone is 2. The molecule has 8 rings (SSSR count). The van der Waals surface area contributed by atoms with E-state index in [1.54, 1.807) is 10.6 Å². The molecule has 228 valence electrons. The number of hydrogen-bond acceptors (Lipinski definition) is 0. The van der Waals surface area contributed by atoms with Gasteiger partial charge in [0.05, 0.1) is 0 Å². The molecule has 0 amide bonds. The summed E-state index contributed by atoms with van der Waals surface area (Å²) in [5.41, 5.74) is 5.87. The van der Waals surface area contributed by atoms with E-state index in [2.05, 4.69) is 182 Å². The van der Waals surface area contributed by atoms with E-state index in [9.17, 15) is 0 Å². The van der Waals surface area contributed by atoms with Gasteiger partial charge in [-0.1, -0.05) is 0 Å². The molecule has 0 radical (unpaired) electrons. The Balaban J connectivity index is 0.00000193. The summed E-state index contributed by atoms with van der Waals surface area (Å²) in [4.78, 5) is 0. The van der Waals surface area contributed by atoms with Gasteiger partial charge < -0.3 is 24.8 Å². The van der Waals surface area contributed by atoms with E-state index in [0.29, 0.717) is 8.45 Å². The molecule has 2 aliphatic rings. The van der Waals surface area contributed by atoms with Crippen molar-refractivity contribution in [2.24, 2.45) is 0 Å². The summed E-state index contributed by atoms with van der Waals surface area (Å²) in [6, 6.07) is 63.5. The van der Waals surface area contributed by atoms with Gasteiger partial charge in [-0.15, -0.1) is 0 Å². The Morgan fingerprint density at radius 1 is 0.340 bits per heavy atom. The van der Waals surface area contributed by atoms with Gasteiger partial charge in [0.15, 0.2) is 0 Å². The van der Waals surface area contributed by atoms with Crippen LogP contribution >= 0.6 is 15.8 Å². The molecule has 2 unspecified atom stereocenters. The first kappa shape index (κ1) is 33.8. The van der Waals surface area contributed by atoms with Gasteiger partial charge in [0.2, 0.25) is 0 Å². The second kappa shape index (κ2) is 15.5. The molecular formula is C42H32Cl2P2Ti. The Morgan fingerprint density at radius 2 is 0.617 bits per heavy atom. The molecule has 0 aromatic heterocycles. The Labute approximate surface area is 302 Å². The Hall–Kier alpha value is -3.05. The van der Waals surface area contributed by atoms with E-state index in [-0.39, 0.29) is 24.8 Å². The molecule has 47 heavy (non-hydrogen) atoms. The van der Waals surface area contributed by atoms with Crippen LogP contribution in [0.5, 0.6) is 0 Å². The summed E-state index contributed by atoms with van der Waals surface area (Å²) in [5, 5.41) is 8.99. The van der Waals surface area contributed by atoms with Gasteiger partial charge in [-0.2, -0.15) is 0 Å². The second-order valence-corrected chi connectivity index (χ2v) is 18.2. The van der Waals surface area contributed by atoms with Crippen molar-refractivity contribution >= 4 is 49.2 Å². The van der Waals surface area contributed by atoms with Gasteiger partial charge in [0, 0.05) is 0 Å². The van der Waals surface area contributed by atoms with Crippen LogP contribution in [0.4, 0.5) is 0 Å². The van der Waals surface area contributed by atoms with Gasteiger partial charge in [0.25, 0.3) is 0 Å². The van der Waals surface area contributed by atoms with Gasteiger partial charge in [-0.05, 0) is 0 Å². The van der Waals surface area contributed by atoms with Gasteiger partial charge >= 0.3 is 280 Å². The molecule has 2 aliphatic carbocycles. The minimum absolute atomic E-state index is 0. The zero-order chi connectivity index (χ0) is 30.0. The van der Waals surface area contributed by atoms with Gasteiger partial charge in [-0.25, -0.2) is 0 Å². The minimum atomic E-state index is -0.664. The number of rotatable bonds is 8. The molecule has 0 fully saturated rings. The summed E-state index contributed by atoms with van der Waals surface area (Å²) in [7, 11) is -1.33. The molecule has 0 saturated heterocycles. The van der Waals surface area contributed by atoms with E-state index in [4.69, 9.17) is 0 Å². The molecule has 0 heterocycles. The molecule has 0 bridgehead atoms. The molecule has 0 aliphatic heterocycles. The maximum atomic E-state index is 2.57. The zero-order valence-corrected chi connectivity index (χ0v) is 30.5. The molecular weight excluding hydrogens is 685 g/mol. The average molecular weight is 717 g/mol. The molecule has 6 aromatic rings. The maximum Gasteiger partial charge on any atom is -1.00 e. The van der Waals surface area contributed by atoms with Crippen LogP contribution in [0.2, 0.25) is 0 Å². The molecule has 2 atom stereocenters. The van der Waals surface area contributed by atoms with Crippen molar-refractivity contribution in [2.75, 3.05) is 0 Å². The Bertz CT molecular complexity index is 1770. The summed E-state index contributed by atoms with van der Waals surface area (Å²) in [5.74, 6) is 0. The van der Waals surface area contributed by atoms with Crippen LogP contribution in [0.15, 0.2) is 180 Å². The van der Waals surface area contributed by atoms with E-state index in [1.807, 2.05) is 0 Å². The summed E-state index contributed by atoms with van der Waals surface area (Å²) in [6.45, 7) is 0. The van der Waals surface area contributed by atoms with E-state index in [1.165, 1.54) is 43.5 Å². The fourth-order valence-electron chi connectivity index (χ4n) is 6.72. The number of benzene rings is 6. The predicted octanol–water partition coefficient (Wildman–Crippen LogP) is 3.53. The third-order valence-electron chi connectivity index (χ3n) is 8.72. The molecule has 6 aromatic carbocycles. The molecule has 5 heteroatoms. The third-order valence-corrected chi connectivity index (χ3v) is 17.5. The topological polar surface area (TPSA) is 0 Å². The fraction of sp³-hybridized carbons (Fsp3) is 0.0476. The van der Waals surface area contributed by atoms with Crippen LogP contribution in [0.1, 0.15) is 30.7 Å². The molecule has 0 saturated carbocycles. The van der Waals surface area contributed by atoms with E-state index >= 15 is 0 Å². The second-order valence-electron chi connectivity index (χ2n) is 11.4. The summed E-state index contributed by atoms with van der Waals surface area (Å²) >= 11 is -0.576. The molecule has 0 N–H and O–H groups in total. The maximum absolute atomic E-state index is 2.57. The first-order valence-corrected chi connectivity index (χ1v) is 20.0. The Morgan fingerprint density at radius 3 is 0.936 bits per heavy atom. The third kappa shape index (κ3) is 6.80. The fourth-order valence-corrected chi connectivity index (χ4v) is 16.2. The SMILES string of the molecule is C1=C(P(c2ccccc2)c2ccccc2)[CH]([Ti+2][CH]2C(P(c3ccccc3)c3ccccc3)=Cc3ccccc32)c2ccccc21.[Cl-].[Cl-]. The van der Waals surface area contributed by atoms with Crippen molar-refractivity contribution in [1.82, 2.24) is 0 Å². The average Bonchev–Trinajstić information content (AvgIpc) is 3.65. The smallest absolute Gasteiger partial charge is 1.00 e. The van der Waals surface area contributed by atoms with Crippen LogP contribution in [-0.2, 0) is 19.2 Å². The van der Waals surface area contributed by atoms with Crippen molar-refractivity contribution < 1.29 is 44.0 Å². The van der Waals surface area contributed by atoms with Crippen LogP contribution in [0, 0.1) is 0 Å². The summed E-state index contributed by atoms with van der Waals surface area (Å²) < 4.78 is 0.909. The van der Waals surface area contributed by atoms with Crippen LogP contribution < -0.4 is 46.0 Å². The van der Waals surface area contributed by atoms with Crippen LogP contribution in [0.25, 0.3) is 12.2 Å². The van der Waals surface area contributed by atoms with E-state index < -0.39 is 35.0 Å². The normalized spacial score (nSPS) is 15.9. The molecule has 0 spiro atoms. The number of fused-ring (bicyclic) bond motifs is 2. The molecule has 0 nitrogen and oxygen atoms in total. The van der Waals surface area contributed by atoms with Gasteiger partial charge in [0.1, 0.15) is 0 Å². The Kier molecular flexibility index (Phi) is 11.1. The number of hydrogen-bond donors (Lipinski definition) is 0. The van der Waals surface area contributed by atoms with Crippen LogP contribution in [-0.4, -0.2) is 0 Å². The monoisotopic (exact) mass is 716 g/mol. The van der Waals surface area contributed by atoms with Crippen molar-refractivity contribution in [2.45, 2.75) is 8.45 Å². The van der Waals surface area contributed by atoms with E-state index in [0.717, 1.165) is 0 Å². The van der Waals surface area contributed by atoms with Crippen LogP contribution in [0.3, 0.4) is 0 Å². The first-order chi connectivity index (χ1) is 22.3. The predicted molar refractivity (Wildman–Crippen MR) is 192 cm³/mol. The minimum Gasteiger partial charge on any atom is -1.00 e. The van der Waals surface area contributed by atoms with Crippen molar-refractivity contribution in [3.63, 3.8) is 0 Å². The summed E-state index contributed by atoms with van der Waals surface area (Å²) in [6.07, 6.45) is 5.13. The van der Waals surface area contributed by atoms with Gasteiger partial charge in [-0.3, -0.25) is 0 Å². The van der Waals surface area contributed by atoms with Crippen molar-refractivity contribution in [3.8, 4) is 0 Å². The zero-order valence-electron chi connectivity index (χ0n) is 25.6. The number of halogens is 2. The quantitative estimate of drug-likeness (QED) is 0.167. The standard InChI is InChI=1S/2C21H16P.2ClH.Ti/c2*1-3-11-19(12-4-1)22(20-13-5-2-6-14-20)21-15-17-9-7-8-10-18(17)16-21;;;/h2*1-16H;2*1H;/q;;;;+2/p-2.